The minimum absolute atomic E-state index is 0.178. The summed E-state index contributed by atoms with van der Waals surface area (Å²) in [6.45, 7) is 6.69. The van der Waals surface area contributed by atoms with E-state index in [-0.39, 0.29) is 5.54 Å². The van der Waals surface area contributed by atoms with Crippen molar-refractivity contribution in [2.45, 2.75) is 45.1 Å². The topological polar surface area (TPSA) is 38.0 Å². The van der Waals surface area contributed by atoms with Gasteiger partial charge in [-0.2, -0.15) is 0 Å². The maximum Gasteiger partial charge on any atom is 0.0282 e. The maximum absolute atomic E-state index is 5.93. The van der Waals surface area contributed by atoms with Crippen molar-refractivity contribution in [3.8, 4) is 0 Å². The standard InChI is InChI=1S/C10H22N2/c1-9(2)4-3-7-12-8-10(11)5-6-10/h9,12H,3-8,11H2,1-2H3. The van der Waals surface area contributed by atoms with E-state index in [0.29, 0.717) is 0 Å². The molecule has 0 saturated heterocycles. The molecule has 0 bridgehead atoms. The molecule has 3 N–H and O–H groups in total. The molecular weight excluding hydrogens is 148 g/mol. The summed E-state index contributed by atoms with van der Waals surface area (Å²) in [6.07, 6.45) is 5.03. The molecule has 2 nitrogen and oxygen atoms in total. The van der Waals surface area contributed by atoms with Gasteiger partial charge >= 0.3 is 0 Å². The Kier molecular flexibility index (Phi) is 3.53. The van der Waals surface area contributed by atoms with Crippen LogP contribution in [0.2, 0.25) is 0 Å². The van der Waals surface area contributed by atoms with Crippen LogP contribution < -0.4 is 11.1 Å². The monoisotopic (exact) mass is 170 g/mol. The lowest BCUT2D eigenvalue weighted by Crippen LogP contribution is -2.36. The zero-order valence-electron chi connectivity index (χ0n) is 8.40. The summed E-state index contributed by atoms with van der Waals surface area (Å²) in [7, 11) is 0. The Labute approximate surface area is 75.9 Å². The van der Waals surface area contributed by atoms with Crippen LogP contribution in [0.4, 0.5) is 0 Å². The molecule has 0 radical (unpaired) electrons. The average Bonchev–Trinajstić information content (AvgIpc) is 2.67. The Morgan fingerprint density at radius 2 is 2.08 bits per heavy atom. The molecule has 0 spiro atoms. The molecule has 0 atom stereocenters. The van der Waals surface area contributed by atoms with E-state index in [0.717, 1.165) is 19.0 Å². The van der Waals surface area contributed by atoms with Gasteiger partial charge in [0.05, 0.1) is 0 Å². The van der Waals surface area contributed by atoms with Crippen molar-refractivity contribution in [2.24, 2.45) is 11.7 Å². The van der Waals surface area contributed by atoms with Gasteiger partial charge in [-0.25, -0.2) is 0 Å². The van der Waals surface area contributed by atoms with E-state index in [1.807, 2.05) is 0 Å². The van der Waals surface area contributed by atoms with E-state index in [2.05, 4.69) is 19.2 Å². The fourth-order valence-electron chi connectivity index (χ4n) is 1.31. The van der Waals surface area contributed by atoms with E-state index in [4.69, 9.17) is 5.73 Å². The molecule has 1 aliphatic carbocycles. The quantitative estimate of drug-likeness (QED) is 0.593. The van der Waals surface area contributed by atoms with E-state index >= 15 is 0 Å². The van der Waals surface area contributed by atoms with Crippen LogP contribution in [-0.4, -0.2) is 18.6 Å². The van der Waals surface area contributed by atoms with Gasteiger partial charge in [0.1, 0.15) is 0 Å². The van der Waals surface area contributed by atoms with Crippen LogP contribution in [0.25, 0.3) is 0 Å². The lowest BCUT2D eigenvalue weighted by atomic mass is 10.1. The SMILES string of the molecule is CC(C)CCCNCC1(N)CC1. The highest BCUT2D eigenvalue weighted by Crippen LogP contribution is 2.30. The second-order valence-corrected chi connectivity index (χ2v) is 4.58. The third kappa shape index (κ3) is 4.07. The van der Waals surface area contributed by atoms with Crippen LogP contribution in [0.15, 0.2) is 0 Å². The molecule has 1 aliphatic rings. The van der Waals surface area contributed by atoms with Crippen molar-refractivity contribution in [3.05, 3.63) is 0 Å². The lowest BCUT2D eigenvalue weighted by Gasteiger charge is -2.10. The maximum atomic E-state index is 5.93. The average molecular weight is 170 g/mol. The largest absolute Gasteiger partial charge is 0.324 e. The van der Waals surface area contributed by atoms with Crippen LogP contribution in [0.3, 0.4) is 0 Å². The first-order valence-electron chi connectivity index (χ1n) is 5.12. The van der Waals surface area contributed by atoms with Crippen molar-refractivity contribution in [1.29, 1.82) is 0 Å². The molecule has 12 heavy (non-hydrogen) atoms. The van der Waals surface area contributed by atoms with Crippen molar-refractivity contribution in [3.63, 3.8) is 0 Å². The van der Waals surface area contributed by atoms with Crippen LogP contribution in [-0.2, 0) is 0 Å². The van der Waals surface area contributed by atoms with Crippen molar-refractivity contribution < 1.29 is 0 Å². The summed E-state index contributed by atoms with van der Waals surface area (Å²) in [5.74, 6) is 0.833. The molecule has 1 rings (SSSR count). The molecule has 0 heterocycles. The van der Waals surface area contributed by atoms with Gasteiger partial charge in [0, 0.05) is 12.1 Å². The van der Waals surface area contributed by atoms with Gasteiger partial charge in [0.15, 0.2) is 0 Å². The minimum Gasteiger partial charge on any atom is -0.324 e. The Hall–Kier alpha value is -0.0800. The van der Waals surface area contributed by atoms with Gasteiger partial charge in [-0.1, -0.05) is 13.8 Å². The highest BCUT2D eigenvalue weighted by molar-refractivity contribution is 5.00. The van der Waals surface area contributed by atoms with E-state index in [1.54, 1.807) is 0 Å². The molecule has 0 aromatic carbocycles. The van der Waals surface area contributed by atoms with E-state index in [1.165, 1.54) is 25.7 Å². The molecule has 0 amide bonds. The predicted octanol–water partition coefficient (Wildman–Crippen LogP) is 1.50. The molecule has 2 heteroatoms. The molecule has 72 valence electrons. The van der Waals surface area contributed by atoms with Gasteiger partial charge < -0.3 is 11.1 Å². The number of nitrogens with two attached hydrogens (primary N) is 1. The van der Waals surface area contributed by atoms with E-state index < -0.39 is 0 Å². The Morgan fingerprint density at radius 3 is 2.58 bits per heavy atom. The summed E-state index contributed by atoms with van der Waals surface area (Å²) in [4.78, 5) is 0. The fourth-order valence-corrected chi connectivity index (χ4v) is 1.31. The minimum atomic E-state index is 0.178. The van der Waals surface area contributed by atoms with E-state index in [9.17, 15) is 0 Å². The zero-order chi connectivity index (χ0) is 9.03. The van der Waals surface area contributed by atoms with Crippen LogP contribution in [0.1, 0.15) is 39.5 Å². The van der Waals surface area contributed by atoms with Crippen molar-refractivity contribution in [1.82, 2.24) is 5.32 Å². The smallest absolute Gasteiger partial charge is 0.0282 e. The Bertz CT molecular complexity index is 128. The van der Waals surface area contributed by atoms with Crippen LogP contribution in [0, 0.1) is 5.92 Å². The number of nitrogens with one attached hydrogen (secondary N) is 1. The Morgan fingerprint density at radius 1 is 1.42 bits per heavy atom. The van der Waals surface area contributed by atoms with Crippen molar-refractivity contribution >= 4 is 0 Å². The number of rotatable bonds is 6. The molecule has 1 fully saturated rings. The van der Waals surface area contributed by atoms with Crippen molar-refractivity contribution in [2.75, 3.05) is 13.1 Å². The normalized spacial score (nSPS) is 20.0. The Balaban J connectivity index is 1.83. The molecule has 0 aromatic rings. The van der Waals surface area contributed by atoms with Gasteiger partial charge in [-0.05, 0) is 38.1 Å². The molecule has 0 aliphatic heterocycles. The second-order valence-electron chi connectivity index (χ2n) is 4.58. The third-order valence-electron chi connectivity index (χ3n) is 2.50. The summed E-state index contributed by atoms with van der Waals surface area (Å²) in [5, 5.41) is 3.42. The molecule has 0 aromatic heterocycles. The summed E-state index contributed by atoms with van der Waals surface area (Å²) >= 11 is 0. The first kappa shape index (κ1) is 10.0. The fraction of sp³-hybridized carbons (Fsp3) is 1.00. The molecule has 0 unspecified atom stereocenters. The highest BCUT2D eigenvalue weighted by atomic mass is 15.0. The van der Waals surface area contributed by atoms with Crippen LogP contribution >= 0.6 is 0 Å². The number of hydrogen-bond donors (Lipinski definition) is 2. The summed E-state index contributed by atoms with van der Waals surface area (Å²) in [6, 6.07) is 0. The first-order chi connectivity index (χ1) is 5.62. The van der Waals surface area contributed by atoms with Gasteiger partial charge in [0.2, 0.25) is 0 Å². The first-order valence-corrected chi connectivity index (χ1v) is 5.12. The van der Waals surface area contributed by atoms with Gasteiger partial charge in [-0.3, -0.25) is 0 Å². The molecular formula is C10H22N2. The number of hydrogen-bond acceptors (Lipinski definition) is 2. The lowest BCUT2D eigenvalue weighted by molar-refractivity contribution is 0.505. The second kappa shape index (κ2) is 4.24. The zero-order valence-corrected chi connectivity index (χ0v) is 8.40. The van der Waals surface area contributed by atoms with Crippen LogP contribution in [0.5, 0.6) is 0 Å². The van der Waals surface area contributed by atoms with Gasteiger partial charge in [0.25, 0.3) is 0 Å². The predicted molar refractivity (Wildman–Crippen MR) is 53.1 cm³/mol. The summed E-state index contributed by atoms with van der Waals surface area (Å²) in [5.41, 5.74) is 6.10. The highest BCUT2D eigenvalue weighted by Gasteiger charge is 2.37. The third-order valence-corrected chi connectivity index (χ3v) is 2.50. The van der Waals surface area contributed by atoms with Gasteiger partial charge in [-0.15, -0.1) is 0 Å². The summed E-state index contributed by atoms with van der Waals surface area (Å²) < 4.78 is 0. The molecule has 1 saturated carbocycles.